The smallest absolute Gasteiger partial charge is 0.322 e. The van der Waals surface area contributed by atoms with Crippen LogP contribution in [0.4, 0.5) is 0 Å². The molecule has 78 valence electrons. The van der Waals surface area contributed by atoms with Gasteiger partial charge in [-0.2, -0.15) is 0 Å². The molecule has 7 heteroatoms. The summed E-state index contributed by atoms with van der Waals surface area (Å²) in [6.45, 7) is -0.0752. The van der Waals surface area contributed by atoms with Crippen molar-refractivity contribution in [1.29, 1.82) is 0 Å². The molecule has 1 aromatic rings. The molecule has 14 heavy (non-hydrogen) atoms. The summed E-state index contributed by atoms with van der Waals surface area (Å²) in [7, 11) is 0. The van der Waals surface area contributed by atoms with Crippen LogP contribution in [0.1, 0.15) is 0 Å². The number of halogens is 1. The van der Waals surface area contributed by atoms with Gasteiger partial charge in [0.05, 0.1) is 0 Å². The van der Waals surface area contributed by atoms with Crippen molar-refractivity contribution >= 4 is 11.9 Å². The molecular formula is C7H9ClN2O4. The van der Waals surface area contributed by atoms with Crippen LogP contribution < -0.4 is 17.0 Å². The SMILES string of the molecule is O=C(O)C(C[n+]1cc[nH]c1)C(=O)O.[Cl-]. The number of H-pyrrole nitrogens is 1. The molecule has 0 atom stereocenters. The fourth-order valence-electron chi connectivity index (χ4n) is 0.907. The number of aromatic nitrogens is 2. The highest BCUT2D eigenvalue weighted by molar-refractivity contribution is 5.92. The van der Waals surface area contributed by atoms with Crippen LogP contribution in [-0.4, -0.2) is 27.1 Å². The van der Waals surface area contributed by atoms with Crippen LogP contribution in [-0.2, 0) is 16.1 Å². The monoisotopic (exact) mass is 220 g/mol. The number of rotatable bonds is 4. The van der Waals surface area contributed by atoms with E-state index in [1.807, 2.05) is 0 Å². The normalized spacial score (nSPS) is 9.50. The number of nitrogens with zero attached hydrogens (tertiary/aromatic N) is 1. The number of nitrogens with one attached hydrogen (secondary N) is 1. The predicted octanol–water partition coefficient (Wildman–Crippen LogP) is -3.91. The minimum Gasteiger partial charge on any atom is -1.00 e. The first-order valence-electron chi connectivity index (χ1n) is 3.58. The van der Waals surface area contributed by atoms with Crippen molar-refractivity contribution in [2.24, 2.45) is 5.92 Å². The summed E-state index contributed by atoms with van der Waals surface area (Å²) in [4.78, 5) is 23.6. The average molecular weight is 221 g/mol. The van der Waals surface area contributed by atoms with E-state index >= 15 is 0 Å². The Hall–Kier alpha value is -1.56. The van der Waals surface area contributed by atoms with E-state index in [9.17, 15) is 9.59 Å². The molecule has 1 rings (SSSR count). The maximum atomic E-state index is 10.5. The average Bonchev–Trinajstić information content (AvgIpc) is 2.50. The number of hydrogen-bond acceptors (Lipinski definition) is 2. The van der Waals surface area contributed by atoms with Crippen molar-refractivity contribution in [3.8, 4) is 0 Å². The Labute approximate surface area is 85.6 Å². The molecule has 6 nitrogen and oxygen atoms in total. The molecule has 1 aromatic heterocycles. The molecule has 0 spiro atoms. The van der Waals surface area contributed by atoms with Gasteiger partial charge in [-0.1, -0.05) is 0 Å². The van der Waals surface area contributed by atoms with Gasteiger partial charge in [0.25, 0.3) is 0 Å². The van der Waals surface area contributed by atoms with Crippen LogP contribution in [0.3, 0.4) is 0 Å². The molecule has 0 aromatic carbocycles. The Bertz CT molecular complexity index is 297. The van der Waals surface area contributed by atoms with Gasteiger partial charge >= 0.3 is 11.9 Å². The molecule has 0 radical (unpaired) electrons. The standard InChI is InChI=1S/C7H8N2O4.ClH/c10-6(11)5(7(12)13)3-9-2-1-8-4-9;/h1-2,4-5H,3H2,(H2,10,11,12,13);1H. The predicted molar refractivity (Wildman–Crippen MR) is 39.7 cm³/mol. The van der Waals surface area contributed by atoms with Gasteiger partial charge in [0.2, 0.25) is 6.33 Å². The molecule has 0 saturated heterocycles. The number of carboxylic acids is 2. The summed E-state index contributed by atoms with van der Waals surface area (Å²) in [6.07, 6.45) is 4.65. The third-order valence-electron chi connectivity index (χ3n) is 1.59. The lowest BCUT2D eigenvalue weighted by Gasteiger charge is -2.02. The molecule has 1 heterocycles. The molecule has 0 saturated carbocycles. The summed E-state index contributed by atoms with van der Waals surface area (Å²) in [6, 6.07) is 0. The van der Waals surface area contributed by atoms with Crippen molar-refractivity contribution in [2.75, 3.05) is 0 Å². The zero-order valence-electron chi connectivity index (χ0n) is 7.05. The molecule has 0 bridgehead atoms. The van der Waals surface area contributed by atoms with Gasteiger partial charge in [-0.3, -0.25) is 14.6 Å². The quantitative estimate of drug-likeness (QED) is 0.357. The molecular weight excluding hydrogens is 212 g/mol. The van der Waals surface area contributed by atoms with Crippen LogP contribution >= 0.6 is 0 Å². The highest BCUT2D eigenvalue weighted by Gasteiger charge is 2.28. The highest BCUT2D eigenvalue weighted by atomic mass is 35.5. The van der Waals surface area contributed by atoms with Gasteiger partial charge in [0, 0.05) is 0 Å². The lowest BCUT2D eigenvalue weighted by molar-refractivity contribution is -0.698. The van der Waals surface area contributed by atoms with E-state index in [2.05, 4.69) is 4.98 Å². The van der Waals surface area contributed by atoms with Crippen LogP contribution in [0.25, 0.3) is 0 Å². The van der Waals surface area contributed by atoms with Crippen molar-refractivity contribution in [3.05, 3.63) is 18.7 Å². The van der Waals surface area contributed by atoms with Crippen molar-refractivity contribution < 1.29 is 36.8 Å². The van der Waals surface area contributed by atoms with E-state index < -0.39 is 17.9 Å². The van der Waals surface area contributed by atoms with E-state index in [-0.39, 0.29) is 19.0 Å². The van der Waals surface area contributed by atoms with Gasteiger partial charge < -0.3 is 22.6 Å². The van der Waals surface area contributed by atoms with Crippen molar-refractivity contribution in [3.63, 3.8) is 0 Å². The summed E-state index contributed by atoms with van der Waals surface area (Å²) >= 11 is 0. The zero-order valence-corrected chi connectivity index (χ0v) is 7.81. The number of aliphatic carboxylic acids is 2. The highest BCUT2D eigenvalue weighted by Crippen LogP contribution is 1.96. The lowest BCUT2D eigenvalue weighted by Crippen LogP contribution is -3.00. The first kappa shape index (κ1) is 12.4. The number of hydrogen-bond donors (Lipinski definition) is 3. The Kier molecular flexibility index (Phi) is 4.65. The largest absolute Gasteiger partial charge is 1.00 e. The first-order chi connectivity index (χ1) is 6.11. The van der Waals surface area contributed by atoms with E-state index in [4.69, 9.17) is 10.2 Å². The Balaban J connectivity index is 0.00000169. The lowest BCUT2D eigenvalue weighted by atomic mass is 10.1. The Morgan fingerprint density at radius 2 is 1.93 bits per heavy atom. The van der Waals surface area contributed by atoms with Gasteiger partial charge in [-0.15, -0.1) is 0 Å². The van der Waals surface area contributed by atoms with Gasteiger partial charge in [-0.25, -0.2) is 4.57 Å². The van der Waals surface area contributed by atoms with Crippen molar-refractivity contribution in [1.82, 2.24) is 4.98 Å². The second-order valence-electron chi connectivity index (χ2n) is 2.54. The third kappa shape index (κ3) is 3.06. The number of carbonyl (C=O) groups is 2. The Morgan fingerprint density at radius 3 is 2.29 bits per heavy atom. The molecule has 0 unspecified atom stereocenters. The number of imidazole rings is 1. The topological polar surface area (TPSA) is 94.3 Å². The second kappa shape index (κ2) is 5.23. The van der Waals surface area contributed by atoms with E-state index in [1.165, 1.54) is 10.9 Å². The molecule has 0 aliphatic heterocycles. The molecule has 3 N–H and O–H groups in total. The van der Waals surface area contributed by atoms with Crippen LogP contribution in [0.5, 0.6) is 0 Å². The minimum absolute atomic E-state index is 0. The molecule has 0 amide bonds. The first-order valence-corrected chi connectivity index (χ1v) is 3.58. The number of aromatic amines is 1. The van der Waals surface area contributed by atoms with Crippen molar-refractivity contribution in [2.45, 2.75) is 6.54 Å². The summed E-state index contributed by atoms with van der Waals surface area (Å²) in [5, 5.41) is 17.1. The van der Waals surface area contributed by atoms with Gasteiger partial charge in [0.1, 0.15) is 18.9 Å². The fraction of sp³-hybridized carbons (Fsp3) is 0.286. The number of carboxylic acid groups (broad SMARTS) is 2. The second-order valence-corrected chi connectivity index (χ2v) is 2.54. The summed E-state index contributed by atoms with van der Waals surface area (Å²) in [5.74, 6) is -4.07. The minimum atomic E-state index is -1.40. The fourth-order valence-corrected chi connectivity index (χ4v) is 0.907. The molecule has 0 aliphatic rings. The summed E-state index contributed by atoms with van der Waals surface area (Å²) < 4.78 is 1.47. The molecule has 0 fully saturated rings. The van der Waals surface area contributed by atoms with Crippen LogP contribution in [0.2, 0.25) is 0 Å². The van der Waals surface area contributed by atoms with Gasteiger partial charge in [0.15, 0.2) is 5.92 Å². The maximum Gasteiger partial charge on any atom is 0.322 e. The Morgan fingerprint density at radius 1 is 1.36 bits per heavy atom. The van der Waals surface area contributed by atoms with E-state index in [0.717, 1.165) is 0 Å². The van der Waals surface area contributed by atoms with E-state index in [0.29, 0.717) is 0 Å². The van der Waals surface area contributed by atoms with Crippen LogP contribution in [0, 0.1) is 5.92 Å². The van der Waals surface area contributed by atoms with Gasteiger partial charge in [-0.05, 0) is 0 Å². The summed E-state index contributed by atoms with van der Waals surface area (Å²) in [5.41, 5.74) is 0. The van der Waals surface area contributed by atoms with E-state index in [1.54, 1.807) is 12.4 Å². The zero-order chi connectivity index (χ0) is 9.84. The molecule has 0 aliphatic carbocycles. The maximum absolute atomic E-state index is 10.5. The van der Waals surface area contributed by atoms with Crippen LogP contribution in [0.15, 0.2) is 18.7 Å². The third-order valence-corrected chi connectivity index (χ3v) is 1.59.